The van der Waals surface area contributed by atoms with Crippen LogP contribution in [0.2, 0.25) is 0 Å². The summed E-state index contributed by atoms with van der Waals surface area (Å²) in [7, 11) is 0. The Balaban J connectivity index is 1.46. The fourth-order valence-corrected chi connectivity index (χ4v) is 3.84. The first-order valence-corrected chi connectivity index (χ1v) is 10.9. The van der Waals surface area contributed by atoms with Gasteiger partial charge < -0.3 is 15.0 Å². The second kappa shape index (κ2) is 10.2. The lowest BCUT2D eigenvalue weighted by Gasteiger charge is -2.34. The van der Waals surface area contributed by atoms with Gasteiger partial charge in [-0.1, -0.05) is 18.2 Å². The van der Waals surface area contributed by atoms with E-state index in [0.29, 0.717) is 35.1 Å². The third kappa shape index (κ3) is 5.52. The molecule has 2 aromatic carbocycles. The summed E-state index contributed by atoms with van der Waals surface area (Å²) in [5.74, 6) is 0.278. The zero-order valence-electron chi connectivity index (χ0n) is 18.3. The molecule has 1 N–H and O–H groups in total. The molecule has 2 heterocycles. The van der Waals surface area contributed by atoms with E-state index in [-0.39, 0.29) is 30.3 Å². The minimum absolute atomic E-state index is 0.0579. The summed E-state index contributed by atoms with van der Waals surface area (Å²) in [5, 5.41) is 2.72. The number of halogens is 1. The van der Waals surface area contributed by atoms with Crippen molar-refractivity contribution in [3.8, 4) is 5.75 Å². The summed E-state index contributed by atoms with van der Waals surface area (Å²) >= 11 is 0. The molecule has 170 valence electrons. The van der Waals surface area contributed by atoms with Gasteiger partial charge in [0.25, 0.3) is 11.8 Å². The molecule has 1 aliphatic rings. The summed E-state index contributed by atoms with van der Waals surface area (Å²) in [6, 6.07) is 14.5. The van der Waals surface area contributed by atoms with Crippen LogP contribution in [0.3, 0.4) is 0 Å². The molecule has 1 fully saturated rings. The standard InChI is InChI=1S/C25H25FN4O3/c1-17-21(25(32)29-19-12-10-18(26)11-13-19)15-27-24(28-17)22-9-5-6-14-30(22)23(31)16-33-20-7-3-2-4-8-20/h2-4,7-8,10-13,15,22H,5-6,9,14,16H2,1H3,(H,29,32)/t22-/m1/s1. The Hall–Kier alpha value is -3.81. The predicted octanol–water partition coefficient (Wildman–Crippen LogP) is 4.31. The van der Waals surface area contributed by atoms with Crippen LogP contribution >= 0.6 is 0 Å². The third-order valence-electron chi connectivity index (χ3n) is 5.57. The van der Waals surface area contributed by atoms with Gasteiger partial charge in [-0.3, -0.25) is 9.59 Å². The van der Waals surface area contributed by atoms with E-state index >= 15 is 0 Å². The number of carbonyl (C=O) groups is 2. The highest BCUT2D eigenvalue weighted by Crippen LogP contribution is 2.29. The lowest BCUT2D eigenvalue weighted by Crippen LogP contribution is -2.41. The number of hydrogen-bond donors (Lipinski definition) is 1. The molecule has 0 unspecified atom stereocenters. The first-order valence-electron chi connectivity index (χ1n) is 10.9. The molecule has 3 aromatic rings. The normalized spacial score (nSPS) is 15.7. The lowest BCUT2D eigenvalue weighted by atomic mass is 10.0. The number of amides is 2. The number of rotatable bonds is 6. The largest absolute Gasteiger partial charge is 0.484 e. The first kappa shape index (κ1) is 22.4. The fraction of sp³-hybridized carbons (Fsp3) is 0.280. The summed E-state index contributed by atoms with van der Waals surface area (Å²) < 4.78 is 18.7. The Bertz CT molecular complexity index is 1120. The monoisotopic (exact) mass is 448 g/mol. The second-order valence-electron chi connectivity index (χ2n) is 7.89. The van der Waals surface area contributed by atoms with Crippen LogP contribution in [-0.2, 0) is 4.79 Å². The van der Waals surface area contributed by atoms with Crippen molar-refractivity contribution in [3.05, 3.63) is 83.7 Å². The van der Waals surface area contributed by atoms with E-state index in [0.717, 1.165) is 19.3 Å². The fourth-order valence-electron chi connectivity index (χ4n) is 3.84. The summed E-state index contributed by atoms with van der Waals surface area (Å²) in [6.45, 7) is 2.28. The van der Waals surface area contributed by atoms with Gasteiger partial charge in [-0.05, 0) is 62.6 Å². The van der Waals surface area contributed by atoms with Crippen molar-refractivity contribution in [1.29, 1.82) is 0 Å². The van der Waals surface area contributed by atoms with Crippen LogP contribution in [0.15, 0.2) is 60.8 Å². The molecular formula is C25H25FN4O3. The number of ether oxygens (including phenoxy) is 1. The number of piperidine rings is 1. The molecule has 1 atom stereocenters. The van der Waals surface area contributed by atoms with E-state index in [4.69, 9.17) is 4.74 Å². The van der Waals surface area contributed by atoms with Gasteiger partial charge in [-0.2, -0.15) is 0 Å². The number of para-hydroxylation sites is 1. The first-order chi connectivity index (χ1) is 16.0. The number of nitrogens with zero attached hydrogens (tertiary/aromatic N) is 3. The number of aryl methyl sites for hydroxylation is 1. The number of aromatic nitrogens is 2. The number of carbonyl (C=O) groups excluding carboxylic acids is 2. The van der Waals surface area contributed by atoms with Crippen molar-refractivity contribution in [2.24, 2.45) is 0 Å². The Labute approximate surface area is 191 Å². The molecule has 1 aliphatic heterocycles. The minimum atomic E-state index is -0.377. The van der Waals surface area contributed by atoms with Gasteiger partial charge in [0.05, 0.1) is 17.3 Å². The maximum atomic E-state index is 13.1. The number of nitrogens with one attached hydrogen (secondary N) is 1. The SMILES string of the molecule is Cc1nc([C@H]2CCCCN2C(=O)COc2ccccc2)ncc1C(=O)Nc1ccc(F)cc1. The number of benzene rings is 2. The quantitative estimate of drug-likeness (QED) is 0.608. The Morgan fingerprint density at radius 3 is 2.61 bits per heavy atom. The molecule has 0 spiro atoms. The van der Waals surface area contributed by atoms with Gasteiger partial charge in [-0.25, -0.2) is 14.4 Å². The molecular weight excluding hydrogens is 423 g/mol. The van der Waals surface area contributed by atoms with E-state index in [9.17, 15) is 14.0 Å². The van der Waals surface area contributed by atoms with Crippen LogP contribution in [0, 0.1) is 12.7 Å². The van der Waals surface area contributed by atoms with Crippen molar-refractivity contribution < 1.29 is 18.7 Å². The third-order valence-corrected chi connectivity index (χ3v) is 5.57. The Morgan fingerprint density at radius 1 is 1.12 bits per heavy atom. The average molecular weight is 448 g/mol. The van der Waals surface area contributed by atoms with Crippen LogP contribution in [0.4, 0.5) is 10.1 Å². The second-order valence-corrected chi connectivity index (χ2v) is 7.89. The van der Waals surface area contributed by atoms with E-state index in [1.54, 1.807) is 11.8 Å². The molecule has 0 aliphatic carbocycles. The van der Waals surface area contributed by atoms with Gasteiger partial charge in [0, 0.05) is 18.4 Å². The van der Waals surface area contributed by atoms with Crippen molar-refractivity contribution >= 4 is 17.5 Å². The topological polar surface area (TPSA) is 84.4 Å². The highest BCUT2D eigenvalue weighted by Gasteiger charge is 2.30. The van der Waals surface area contributed by atoms with Crippen molar-refractivity contribution in [2.45, 2.75) is 32.2 Å². The molecule has 0 saturated carbocycles. The molecule has 8 heteroatoms. The van der Waals surface area contributed by atoms with Crippen molar-refractivity contribution in [3.63, 3.8) is 0 Å². The van der Waals surface area contributed by atoms with E-state index in [2.05, 4.69) is 15.3 Å². The molecule has 0 radical (unpaired) electrons. The minimum Gasteiger partial charge on any atom is -0.484 e. The summed E-state index contributed by atoms with van der Waals surface area (Å²) in [4.78, 5) is 36.3. The van der Waals surface area contributed by atoms with Crippen LogP contribution in [-0.4, -0.2) is 39.8 Å². The maximum absolute atomic E-state index is 13.1. The zero-order chi connectivity index (χ0) is 23.2. The zero-order valence-corrected chi connectivity index (χ0v) is 18.3. The number of likely N-dealkylation sites (tertiary alicyclic amines) is 1. The molecule has 4 rings (SSSR count). The van der Waals surface area contributed by atoms with Gasteiger partial charge >= 0.3 is 0 Å². The van der Waals surface area contributed by atoms with Crippen LogP contribution < -0.4 is 10.1 Å². The molecule has 33 heavy (non-hydrogen) atoms. The van der Waals surface area contributed by atoms with Gasteiger partial charge in [0.2, 0.25) is 0 Å². The Kier molecular flexibility index (Phi) is 6.92. The predicted molar refractivity (Wildman–Crippen MR) is 121 cm³/mol. The van der Waals surface area contributed by atoms with Crippen LogP contribution in [0.1, 0.15) is 47.2 Å². The molecule has 1 saturated heterocycles. The highest BCUT2D eigenvalue weighted by atomic mass is 19.1. The number of anilines is 1. The molecule has 1 aromatic heterocycles. The average Bonchev–Trinajstić information content (AvgIpc) is 2.84. The Morgan fingerprint density at radius 2 is 1.88 bits per heavy atom. The van der Waals surface area contributed by atoms with E-state index < -0.39 is 0 Å². The van der Waals surface area contributed by atoms with Crippen LogP contribution in [0.5, 0.6) is 5.75 Å². The van der Waals surface area contributed by atoms with Crippen LogP contribution in [0.25, 0.3) is 0 Å². The van der Waals surface area contributed by atoms with Gasteiger partial charge in [0.1, 0.15) is 11.6 Å². The molecule has 7 nitrogen and oxygen atoms in total. The smallest absolute Gasteiger partial charge is 0.261 e. The van der Waals surface area contributed by atoms with Crippen molar-refractivity contribution in [1.82, 2.24) is 14.9 Å². The lowest BCUT2D eigenvalue weighted by molar-refractivity contribution is -0.137. The molecule has 2 amide bonds. The summed E-state index contributed by atoms with van der Waals surface area (Å²) in [5.41, 5.74) is 1.31. The highest BCUT2D eigenvalue weighted by molar-refractivity contribution is 6.04. The van der Waals surface area contributed by atoms with Gasteiger partial charge in [0.15, 0.2) is 12.4 Å². The summed E-state index contributed by atoms with van der Waals surface area (Å²) in [6.07, 6.45) is 4.10. The van der Waals surface area contributed by atoms with Gasteiger partial charge in [-0.15, -0.1) is 0 Å². The van der Waals surface area contributed by atoms with Crippen molar-refractivity contribution in [2.75, 3.05) is 18.5 Å². The molecule has 0 bridgehead atoms. The maximum Gasteiger partial charge on any atom is 0.261 e. The van der Waals surface area contributed by atoms with E-state index in [1.165, 1.54) is 30.5 Å². The number of hydrogen-bond acceptors (Lipinski definition) is 5. The van der Waals surface area contributed by atoms with E-state index in [1.807, 2.05) is 30.3 Å².